The quantitative estimate of drug-likeness (QED) is 0.500. The van der Waals surface area contributed by atoms with Gasteiger partial charge in [-0.2, -0.15) is 0 Å². The summed E-state index contributed by atoms with van der Waals surface area (Å²) in [5.74, 6) is -1.55. The van der Waals surface area contributed by atoms with Crippen LogP contribution in [0.4, 0.5) is 0 Å². The van der Waals surface area contributed by atoms with Crippen LogP contribution in [0.15, 0.2) is 23.8 Å². The maximum Gasteiger partial charge on any atom is 0.302 e. The number of ether oxygens (including phenoxy) is 1. The molecule has 6 nitrogen and oxygen atoms in total. The standard InChI is InChI=1S/C22H32O6/c1-11(10-23)13-6-14-8-16(26)20-21(3,4)18(28-12(2)24)9-17(27)22(20,5)19(14)15(25)7-13/h8,13,15,17-20,23,25,27H,1,6-7,9-10H2,2-5H3. The molecule has 0 aromatic heterocycles. The molecule has 0 aromatic carbocycles. The van der Waals surface area contributed by atoms with Crippen LogP contribution >= 0.6 is 0 Å². The molecule has 156 valence electrons. The van der Waals surface area contributed by atoms with Gasteiger partial charge in [-0.15, -0.1) is 0 Å². The van der Waals surface area contributed by atoms with E-state index in [2.05, 4.69) is 6.58 Å². The number of aliphatic hydroxyl groups is 3. The van der Waals surface area contributed by atoms with Gasteiger partial charge in [-0.25, -0.2) is 0 Å². The van der Waals surface area contributed by atoms with Crippen LogP contribution in [0.3, 0.4) is 0 Å². The lowest BCUT2D eigenvalue weighted by Gasteiger charge is -2.61. The average Bonchev–Trinajstić information content (AvgIpc) is 2.57. The number of fused-ring (bicyclic) bond motifs is 3. The zero-order valence-electron chi connectivity index (χ0n) is 17.1. The first-order valence-corrected chi connectivity index (χ1v) is 10.0. The molecule has 0 radical (unpaired) electrons. The van der Waals surface area contributed by atoms with Crippen LogP contribution in [0.25, 0.3) is 0 Å². The van der Waals surface area contributed by atoms with Crippen molar-refractivity contribution in [1.29, 1.82) is 0 Å². The molecule has 0 saturated heterocycles. The highest BCUT2D eigenvalue weighted by Crippen LogP contribution is 2.62. The van der Waals surface area contributed by atoms with E-state index in [0.29, 0.717) is 18.4 Å². The number of carbonyl (C=O) groups is 2. The topological polar surface area (TPSA) is 104 Å². The van der Waals surface area contributed by atoms with Crippen molar-refractivity contribution in [3.05, 3.63) is 23.8 Å². The molecule has 7 atom stereocenters. The summed E-state index contributed by atoms with van der Waals surface area (Å²) in [4.78, 5) is 24.8. The normalized spacial score (nSPS) is 42.1. The number of ketones is 1. The van der Waals surface area contributed by atoms with Gasteiger partial charge in [-0.3, -0.25) is 9.59 Å². The van der Waals surface area contributed by atoms with E-state index in [1.807, 2.05) is 20.8 Å². The van der Waals surface area contributed by atoms with Gasteiger partial charge in [0.25, 0.3) is 0 Å². The van der Waals surface area contributed by atoms with Crippen molar-refractivity contribution in [2.45, 2.75) is 65.3 Å². The van der Waals surface area contributed by atoms with Crippen molar-refractivity contribution in [1.82, 2.24) is 0 Å². The van der Waals surface area contributed by atoms with Crippen LogP contribution in [0.5, 0.6) is 0 Å². The van der Waals surface area contributed by atoms with Gasteiger partial charge in [0.05, 0.1) is 18.8 Å². The molecule has 0 bridgehead atoms. The number of allylic oxidation sites excluding steroid dienone is 1. The fourth-order valence-electron chi connectivity index (χ4n) is 6.24. The van der Waals surface area contributed by atoms with E-state index >= 15 is 0 Å². The van der Waals surface area contributed by atoms with E-state index < -0.39 is 41.0 Å². The Morgan fingerprint density at radius 2 is 1.93 bits per heavy atom. The fourth-order valence-corrected chi connectivity index (χ4v) is 6.24. The highest BCUT2D eigenvalue weighted by atomic mass is 16.5. The maximum absolute atomic E-state index is 13.3. The zero-order valence-corrected chi connectivity index (χ0v) is 17.1. The molecule has 3 N–H and O–H groups in total. The van der Waals surface area contributed by atoms with Crippen molar-refractivity contribution in [3.63, 3.8) is 0 Å². The summed E-state index contributed by atoms with van der Waals surface area (Å²) in [6.45, 7) is 10.8. The number of esters is 1. The van der Waals surface area contributed by atoms with Crippen molar-refractivity contribution in [2.24, 2.45) is 28.6 Å². The van der Waals surface area contributed by atoms with Crippen molar-refractivity contribution >= 4 is 11.8 Å². The minimum atomic E-state index is -0.889. The first kappa shape index (κ1) is 21.2. The van der Waals surface area contributed by atoms with E-state index in [4.69, 9.17) is 4.74 Å². The van der Waals surface area contributed by atoms with E-state index in [1.54, 1.807) is 6.08 Å². The summed E-state index contributed by atoms with van der Waals surface area (Å²) in [6.07, 6.45) is 0.635. The van der Waals surface area contributed by atoms with Gasteiger partial charge in [-0.05, 0) is 30.4 Å². The second kappa shape index (κ2) is 7.08. The van der Waals surface area contributed by atoms with Gasteiger partial charge in [0.1, 0.15) is 6.10 Å². The van der Waals surface area contributed by atoms with Gasteiger partial charge in [0.2, 0.25) is 0 Å². The lowest BCUT2D eigenvalue weighted by atomic mass is 9.44. The fraction of sp³-hybridized carbons (Fsp3) is 0.727. The van der Waals surface area contributed by atoms with Crippen LogP contribution in [0.2, 0.25) is 0 Å². The molecule has 7 unspecified atom stereocenters. The maximum atomic E-state index is 13.3. The summed E-state index contributed by atoms with van der Waals surface area (Å²) in [5.41, 5.74) is -0.0588. The summed E-state index contributed by atoms with van der Waals surface area (Å²) < 4.78 is 5.47. The SMILES string of the molecule is C=C(CO)C1CC2=CC(=O)C3C(C)(C)C(OC(C)=O)CC(O)C3(C)C2C(O)C1. The molecule has 3 rings (SSSR count). The minimum absolute atomic E-state index is 0.0852. The van der Waals surface area contributed by atoms with Crippen LogP contribution in [-0.2, 0) is 14.3 Å². The first-order valence-electron chi connectivity index (χ1n) is 10.0. The monoisotopic (exact) mass is 392 g/mol. The number of rotatable bonds is 3. The van der Waals surface area contributed by atoms with E-state index in [0.717, 1.165) is 5.57 Å². The van der Waals surface area contributed by atoms with E-state index in [9.17, 15) is 24.9 Å². The lowest BCUT2D eigenvalue weighted by molar-refractivity contribution is -0.208. The molecular formula is C22H32O6. The average molecular weight is 392 g/mol. The third kappa shape index (κ3) is 3.06. The zero-order chi connectivity index (χ0) is 21.0. The van der Waals surface area contributed by atoms with Crippen LogP contribution in [0, 0.1) is 28.6 Å². The Hall–Kier alpha value is -1.50. The summed E-state index contributed by atoms with van der Waals surface area (Å²) in [5, 5.41) is 31.6. The number of hydrogen-bond acceptors (Lipinski definition) is 6. The molecule has 6 heteroatoms. The summed E-state index contributed by atoms with van der Waals surface area (Å²) >= 11 is 0. The molecule has 28 heavy (non-hydrogen) atoms. The highest BCUT2D eigenvalue weighted by Gasteiger charge is 2.65. The molecular weight excluding hydrogens is 360 g/mol. The van der Waals surface area contributed by atoms with Gasteiger partial charge >= 0.3 is 5.97 Å². The van der Waals surface area contributed by atoms with Crippen LogP contribution in [-0.4, -0.2) is 52.0 Å². The Morgan fingerprint density at radius 1 is 1.29 bits per heavy atom. The second-order valence-corrected chi connectivity index (χ2v) is 9.59. The molecule has 0 heterocycles. The Balaban J connectivity index is 2.05. The van der Waals surface area contributed by atoms with Crippen molar-refractivity contribution in [3.8, 4) is 0 Å². The van der Waals surface area contributed by atoms with Crippen molar-refractivity contribution in [2.75, 3.05) is 6.61 Å². The predicted octanol–water partition coefficient (Wildman–Crippen LogP) is 1.78. The Labute approximate surface area is 166 Å². The second-order valence-electron chi connectivity index (χ2n) is 9.59. The van der Waals surface area contributed by atoms with Crippen LogP contribution < -0.4 is 0 Å². The smallest absolute Gasteiger partial charge is 0.302 e. The molecule has 0 aromatic rings. The lowest BCUT2D eigenvalue weighted by Crippen LogP contribution is -2.66. The van der Waals surface area contributed by atoms with Gasteiger partial charge in [0, 0.05) is 36.0 Å². The van der Waals surface area contributed by atoms with Gasteiger partial charge in [-0.1, -0.05) is 32.9 Å². The first-order chi connectivity index (χ1) is 12.9. The molecule has 2 saturated carbocycles. The van der Waals surface area contributed by atoms with Crippen LogP contribution in [0.1, 0.15) is 47.0 Å². The van der Waals surface area contributed by atoms with Gasteiger partial charge < -0.3 is 20.1 Å². The third-order valence-corrected chi connectivity index (χ3v) is 7.51. The predicted molar refractivity (Wildman–Crippen MR) is 103 cm³/mol. The number of hydrogen-bond donors (Lipinski definition) is 3. The Morgan fingerprint density at radius 3 is 2.50 bits per heavy atom. The summed E-state index contributed by atoms with van der Waals surface area (Å²) in [6, 6.07) is 0. The molecule has 0 spiro atoms. The number of carbonyl (C=O) groups excluding carboxylic acids is 2. The molecule has 3 aliphatic rings. The minimum Gasteiger partial charge on any atom is -0.462 e. The summed E-state index contributed by atoms with van der Waals surface area (Å²) in [7, 11) is 0. The van der Waals surface area contributed by atoms with E-state index in [-0.39, 0.29) is 30.6 Å². The van der Waals surface area contributed by atoms with Gasteiger partial charge in [0.15, 0.2) is 5.78 Å². The Kier molecular flexibility index (Phi) is 5.36. The van der Waals surface area contributed by atoms with Crippen molar-refractivity contribution < 1.29 is 29.6 Å². The van der Waals surface area contributed by atoms with E-state index in [1.165, 1.54) is 6.92 Å². The molecule has 3 aliphatic carbocycles. The Bertz CT molecular complexity index is 723. The highest BCUT2D eigenvalue weighted by molar-refractivity contribution is 5.95. The largest absolute Gasteiger partial charge is 0.462 e. The molecule has 0 aliphatic heterocycles. The number of aliphatic hydroxyl groups excluding tert-OH is 3. The third-order valence-electron chi connectivity index (χ3n) is 7.51. The molecule has 0 amide bonds. The molecule has 2 fully saturated rings.